The van der Waals surface area contributed by atoms with Crippen molar-refractivity contribution in [2.24, 2.45) is 11.8 Å². The van der Waals surface area contributed by atoms with Crippen LogP contribution in [-0.2, 0) is 20.7 Å². The summed E-state index contributed by atoms with van der Waals surface area (Å²) >= 11 is 0. The molecule has 2 heterocycles. The standard InChI is InChI=1S/C29H23NO5/c1-17(16-18-10-4-2-5-11-18)30-27(33)22-23(28(30)34)29(35-24(22)19-12-6-3-7-13-19)25(31)20-14-8-9-15-21(20)26(29)32/h2-15,17,22-24H,16H2,1H3/t17-,22+,23-,24+/m1/s1. The zero-order chi connectivity index (χ0) is 24.3. The van der Waals surface area contributed by atoms with Crippen LogP contribution in [0.4, 0.5) is 0 Å². The normalized spacial score (nSPS) is 25.3. The van der Waals surface area contributed by atoms with Crippen LogP contribution in [-0.4, -0.2) is 39.9 Å². The number of hydrogen-bond donors (Lipinski definition) is 0. The number of hydrogen-bond acceptors (Lipinski definition) is 5. The monoisotopic (exact) mass is 465 g/mol. The zero-order valence-corrected chi connectivity index (χ0v) is 19.1. The van der Waals surface area contributed by atoms with E-state index in [1.54, 1.807) is 36.4 Å². The SMILES string of the molecule is C[C@H](Cc1ccccc1)N1C(=O)[C@@H]2[C@H](c3ccccc3)OC3(C(=O)c4ccccc4C3=O)[C@H]2C1=O. The summed E-state index contributed by atoms with van der Waals surface area (Å²) in [5.74, 6) is -4.14. The predicted octanol–water partition coefficient (Wildman–Crippen LogP) is 3.81. The molecule has 2 aliphatic heterocycles. The molecule has 0 unspecified atom stereocenters. The van der Waals surface area contributed by atoms with E-state index in [2.05, 4.69) is 0 Å². The lowest BCUT2D eigenvalue weighted by molar-refractivity contribution is -0.147. The quantitative estimate of drug-likeness (QED) is 0.432. The molecular formula is C29H23NO5. The molecule has 2 amide bonds. The molecular weight excluding hydrogens is 442 g/mol. The van der Waals surface area contributed by atoms with Gasteiger partial charge in [-0.15, -0.1) is 0 Å². The van der Waals surface area contributed by atoms with Crippen LogP contribution < -0.4 is 0 Å². The molecule has 0 saturated carbocycles. The van der Waals surface area contributed by atoms with Gasteiger partial charge in [0.25, 0.3) is 0 Å². The van der Waals surface area contributed by atoms with Crippen molar-refractivity contribution < 1.29 is 23.9 Å². The van der Waals surface area contributed by atoms with Crippen LogP contribution >= 0.6 is 0 Å². The van der Waals surface area contributed by atoms with Crippen molar-refractivity contribution in [1.82, 2.24) is 4.90 Å². The molecule has 174 valence electrons. The summed E-state index contributed by atoms with van der Waals surface area (Å²) in [5.41, 5.74) is 0.100. The van der Waals surface area contributed by atoms with Gasteiger partial charge in [-0.25, -0.2) is 0 Å². The molecule has 3 aliphatic rings. The highest BCUT2D eigenvalue weighted by Gasteiger charge is 2.74. The molecule has 1 aliphatic carbocycles. The molecule has 6 rings (SSSR count). The minimum absolute atomic E-state index is 0.237. The van der Waals surface area contributed by atoms with Crippen LogP contribution in [0.15, 0.2) is 84.9 Å². The van der Waals surface area contributed by atoms with Crippen molar-refractivity contribution >= 4 is 23.4 Å². The van der Waals surface area contributed by atoms with Gasteiger partial charge in [-0.05, 0) is 24.5 Å². The number of carbonyl (C=O) groups excluding carboxylic acids is 4. The maximum atomic E-state index is 13.9. The van der Waals surface area contributed by atoms with Crippen LogP contribution in [0.3, 0.4) is 0 Å². The largest absolute Gasteiger partial charge is 0.349 e. The molecule has 3 aromatic rings. The summed E-state index contributed by atoms with van der Waals surface area (Å²) in [5, 5.41) is 0. The van der Waals surface area contributed by atoms with E-state index in [9.17, 15) is 19.2 Å². The number of imide groups is 1. The predicted molar refractivity (Wildman–Crippen MR) is 127 cm³/mol. The van der Waals surface area contributed by atoms with Crippen molar-refractivity contribution in [2.45, 2.75) is 31.1 Å². The van der Waals surface area contributed by atoms with Gasteiger partial charge in [0.1, 0.15) is 0 Å². The highest BCUT2D eigenvalue weighted by atomic mass is 16.5. The van der Waals surface area contributed by atoms with Crippen LogP contribution in [0.2, 0.25) is 0 Å². The molecule has 0 radical (unpaired) electrons. The number of ether oxygens (including phenoxy) is 1. The third-order valence-electron chi connectivity index (χ3n) is 7.50. The Kier molecular flexibility index (Phi) is 4.83. The Morgan fingerprint density at radius 2 is 1.31 bits per heavy atom. The molecule has 1 spiro atoms. The number of ketones is 2. The Balaban J connectivity index is 1.46. The second kappa shape index (κ2) is 7.82. The molecule has 6 heteroatoms. The first-order chi connectivity index (χ1) is 16.9. The van der Waals surface area contributed by atoms with E-state index < -0.39 is 53.0 Å². The summed E-state index contributed by atoms with van der Waals surface area (Å²) in [6.07, 6.45) is -0.405. The van der Waals surface area contributed by atoms with Crippen molar-refractivity contribution in [1.29, 1.82) is 0 Å². The van der Waals surface area contributed by atoms with Crippen LogP contribution in [0.25, 0.3) is 0 Å². The molecule has 2 fully saturated rings. The molecule has 0 aromatic heterocycles. The lowest BCUT2D eigenvalue weighted by Gasteiger charge is -2.29. The number of rotatable bonds is 4. The molecule has 0 N–H and O–H groups in total. The Bertz CT molecular complexity index is 1330. The first-order valence-electron chi connectivity index (χ1n) is 11.8. The van der Waals surface area contributed by atoms with Crippen molar-refractivity contribution in [2.75, 3.05) is 0 Å². The van der Waals surface area contributed by atoms with Gasteiger partial charge in [0.15, 0.2) is 0 Å². The number of benzene rings is 3. The number of Topliss-reactive ketones (excluding diaryl/α,β-unsaturated/α-hetero) is 2. The summed E-state index contributed by atoms with van der Waals surface area (Å²) in [6, 6.07) is 24.7. The Morgan fingerprint density at radius 1 is 0.771 bits per heavy atom. The second-order valence-electron chi connectivity index (χ2n) is 9.48. The van der Waals surface area contributed by atoms with E-state index in [-0.39, 0.29) is 11.1 Å². The fourth-order valence-electron chi connectivity index (χ4n) is 5.96. The van der Waals surface area contributed by atoms with Gasteiger partial charge in [0.05, 0.1) is 17.9 Å². The van der Waals surface area contributed by atoms with Crippen LogP contribution in [0.5, 0.6) is 0 Å². The average Bonchev–Trinajstić information content (AvgIpc) is 3.45. The van der Waals surface area contributed by atoms with E-state index >= 15 is 0 Å². The van der Waals surface area contributed by atoms with Gasteiger partial charge in [-0.2, -0.15) is 0 Å². The van der Waals surface area contributed by atoms with Gasteiger partial charge in [0, 0.05) is 17.2 Å². The number of fused-ring (bicyclic) bond motifs is 3. The van der Waals surface area contributed by atoms with E-state index in [1.165, 1.54) is 4.90 Å². The lowest BCUT2D eigenvalue weighted by atomic mass is 9.77. The van der Waals surface area contributed by atoms with E-state index in [1.807, 2.05) is 55.5 Å². The summed E-state index contributed by atoms with van der Waals surface area (Å²) in [6.45, 7) is 1.82. The minimum atomic E-state index is -2.02. The maximum absolute atomic E-state index is 13.9. The molecule has 0 bridgehead atoms. The Morgan fingerprint density at radius 3 is 1.91 bits per heavy atom. The Hall–Kier alpha value is -3.90. The third-order valence-corrected chi connectivity index (χ3v) is 7.50. The summed E-state index contributed by atoms with van der Waals surface area (Å²) < 4.78 is 6.29. The summed E-state index contributed by atoms with van der Waals surface area (Å²) in [4.78, 5) is 56.5. The fraction of sp³-hybridized carbons (Fsp3) is 0.241. The highest BCUT2D eigenvalue weighted by molar-refractivity contribution is 6.35. The molecule has 35 heavy (non-hydrogen) atoms. The van der Waals surface area contributed by atoms with E-state index in [4.69, 9.17) is 4.74 Å². The smallest absolute Gasteiger partial charge is 0.237 e. The maximum Gasteiger partial charge on any atom is 0.237 e. The molecule has 4 atom stereocenters. The molecule has 6 nitrogen and oxygen atoms in total. The van der Waals surface area contributed by atoms with Gasteiger partial charge in [-0.3, -0.25) is 24.1 Å². The van der Waals surface area contributed by atoms with Gasteiger partial charge in [0.2, 0.25) is 29.0 Å². The summed E-state index contributed by atoms with van der Waals surface area (Å²) in [7, 11) is 0. The highest BCUT2D eigenvalue weighted by Crippen LogP contribution is 2.57. The third kappa shape index (κ3) is 2.93. The van der Waals surface area contributed by atoms with Crippen molar-refractivity contribution in [3.8, 4) is 0 Å². The van der Waals surface area contributed by atoms with Gasteiger partial charge < -0.3 is 4.74 Å². The number of nitrogens with zero attached hydrogens (tertiary/aromatic N) is 1. The minimum Gasteiger partial charge on any atom is -0.349 e. The van der Waals surface area contributed by atoms with Crippen LogP contribution in [0.1, 0.15) is 44.9 Å². The van der Waals surface area contributed by atoms with E-state index in [0.717, 1.165) is 5.56 Å². The van der Waals surface area contributed by atoms with E-state index in [0.29, 0.717) is 12.0 Å². The first kappa shape index (κ1) is 21.6. The second-order valence-corrected chi connectivity index (χ2v) is 9.48. The number of likely N-dealkylation sites (tertiary alicyclic amines) is 1. The molecule has 3 aromatic carbocycles. The number of amides is 2. The van der Waals surface area contributed by atoms with Crippen molar-refractivity contribution in [3.05, 3.63) is 107 Å². The zero-order valence-electron chi connectivity index (χ0n) is 19.1. The van der Waals surface area contributed by atoms with Gasteiger partial charge in [-0.1, -0.05) is 84.9 Å². The fourth-order valence-corrected chi connectivity index (χ4v) is 5.96. The van der Waals surface area contributed by atoms with Crippen LogP contribution in [0, 0.1) is 11.8 Å². The molecule has 2 saturated heterocycles. The number of carbonyl (C=O) groups is 4. The van der Waals surface area contributed by atoms with Gasteiger partial charge >= 0.3 is 0 Å². The van der Waals surface area contributed by atoms with Crippen molar-refractivity contribution in [3.63, 3.8) is 0 Å². The Labute approximate surface area is 202 Å². The topological polar surface area (TPSA) is 80.8 Å². The average molecular weight is 466 g/mol. The first-order valence-corrected chi connectivity index (χ1v) is 11.8. The lowest BCUT2D eigenvalue weighted by Crippen LogP contribution is -2.52.